The first-order valence-corrected chi connectivity index (χ1v) is 6.24. The van der Waals surface area contributed by atoms with Crippen LogP contribution < -0.4 is 4.74 Å². The van der Waals surface area contributed by atoms with Crippen LogP contribution in [0.5, 0.6) is 11.6 Å². The number of hydrogen-bond donors (Lipinski definition) is 0. The van der Waals surface area contributed by atoms with Gasteiger partial charge in [0.05, 0.1) is 0 Å². The highest BCUT2D eigenvalue weighted by Gasteiger charge is 2.04. The van der Waals surface area contributed by atoms with Crippen LogP contribution in [0.15, 0.2) is 34.8 Å². The lowest BCUT2D eigenvalue weighted by molar-refractivity contribution is 0.461. The molecule has 0 unspecified atom stereocenters. The molecule has 0 radical (unpaired) electrons. The summed E-state index contributed by atoms with van der Waals surface area (Å²) in [7, 11) is 0. The molecule has 2 rings (SSSR count). The highest BCUT2D eigenvalue weighted by molar-refractivity contribution is 9.10. The average Bonchev–Trinajstić information content (AvgIpc) is 2.26. The van der Waals surface area contributed by atoms with Crippen molar-refractivity contribution in [1.29, 1.82) is 0 Å². The molecule has 2 nitrogen and oxygen atoms in total. The lowest BCUT2D eigenvalue weighted by atomic mass is 10.1. The number of ether oxygens (including phenoxy) is 1. The highest BCUT2D eigenvalue weighted by atomic mass is 79.9. The van der Waals surface area contributed by atoms with Gasteiger partial charge in [0.2, 0.25) is 5.88 Å². The Morgan fingerprint density at radius 3 is 2.29 bits per heavy atom. The Hall–Kier alpha value is -1.35. The lowest BCUT2D eigenvalue weighted by Gasteiger charge is -2.09. The quantitative estimate of drug-likeness (QED) is 0.809. The summed E-state index contributed by atoms with van der Waals surface area (Å²) in [5, 5.41) is 0. The number of hydrogen-bond acceptors (Lipinski definition) is 2. The van der Waals surface area contributed by atoms with Crippen molar-refractivity contribution in [2.24, 2.45) is 0 Å². The van der Waals surface area contributed by atoms with E-state index < -0.39 is 0 Å². The van der Waals surface area contributed by atoms with E-state index in [1.807, 2.05) is 51.1 Å². The third-order valence-electron chi connectivity index (χ3n) is 2.50. The highest BCUT2D eigenvalue weighted by Crippen LogP contribution is 2.28. The smallest absolute Gasteiger partial charge is 0.219 e. The summed E-state index contributed by atoms with van der Waals surface area (Å²) in [4.78, 5) is 4.32. The Morgan fingerprint density at radius 2 is 1.71 bits per heavy atom. The molecule has 0 N–H and O–H groups in total. The summed E-state index contributed by atoms with van der Waals surface area (Å²) in [6.45, 7) is 6.05. The molecule has 1 heterocycles. The monoisotopic (exact) mass is 291 g/mol. The summed E-state index contributed by atoms with van der Waals surface area (Å²) >= 11 is 3.54. The van der Waals surface area contributed by atoms with E-state index in [0.717, 1.165) is 27.0 Å². The number of aromatic nitrogens is 1. The zero-order valence-corrected chi connectivity index (χ0v) is 11.7. The lowest BCUT2D eigenvalue weighted by Crippen LogP contribution is -1.91. The minimum Gasteiger partial charge on any atom is -0.439 e. The molecule has 0 aliphatic carbocycles. The molecule has 0 atom stereocenters. The molecule has 1 aromatic heterocycles. The van der Waals surface area contributed by atoms with E-state index >= 15 is 0 Å². The maximum absolute atomic E-state index is 5.74. The molecule has 0 saturated carbocycles. The fourth-order valence-electron chi connectivity index (χ4n) is 1.66. The SMILES string of the molecule is Cc1cccc(Oc2cc(C)c(Br)c(C)c2)n1. The molecule has 0 fully saturated rings. The van der Waals surface area contributed by atoms with Gasteiger partial charge in [0.15, 0.2) is 0 Å². The average molecular weight is 292 g/mol. The van der Waals surface area contributed by atoms with E-state index in [4.69, 9.17) is 4.74 Å². The molecular formula is C14H14BrNO. The largest absolute Gasteiger partial charge is 0.439 e. The predicted octanol–water partition coefficient (Wildman–Crippen LogP) is 4.56. The van der Waals surface area contributed by atoms with Crippen LogP contribution in [0, 0.1) is 20.8 Å². The van der Waals surface area contributed by atoms with Gasteiger partial charge in [-0.25, -0.2) is 4.98 Å². The van der Waals surface area contributed by atoms with Crippen LogP contribution in [0.3, 0.4) is 0 Å². The van der Waals surface area contributed by atoms with Crippen LogP contribution in [-0.4, -0.2) is 4.98 Å². The van der Waals surface area contributed by atoms with Crippen LogP contribution >= 0.6 is 15.9 Å². The molecule has 0 aliphatic rings. The van der Waals surface area contributed by atoms with Gasteiger partial charge in [0.25, 0.3) is 0 Å². The van der Waals surface area contributed by atoms with Crippen molar-refractivity contribution in [3.63, 3.8) is 0 Å². The molecule has 3 heteroatoms. The van der Waals surface area contributed by atoms with Crippen molar-refractivity contribution >= 4 is 15.9 Å². The Balaban J connectivity index is 2.31. The summed E-state index contributed by atoms with van der Waals surface area (Å²) in [6, 6.07) is 9.75. The van der Waals surface area contributed by atoms with Gasteiger partial charge in [-0.2, -0.15) is 0 Å². The fraction of sp³-hybridized carbons (Fsp3) is 0.214. The molecule has 0 bridgehead atoms. The minimum absolute atomic E-state index is 0.631. The number of nitrogens with zero attached hydrogens (tertiary/aromatic N) is 1. The van der Waals surface area contributed by atoms with E-state index in [1.165, 1.54) is 0 Å². The Morgan fingerprint density at radius 1 is 1.06 bits per heavy atom. The van der Waals surface area contributed by atoms with Gasteiger partial charge in [0.1, 0.15) is 5.75 Å². The van der Waals surface area contributed by atoms with Crippen molar-refractivity contribution in [3.8, 4) is 11.6 Å². The number of halogens is 1. The Bertz CT molecular complexity index is 529. The van der Waals surface area contributed by atoms with Crippen molar-refractivity contribution in [1.82, 2.24) is 4.98 Å². The third-order valence-corrected chi connectivity index (χ3v) is 3.75. The van der Waals surface area contributed by atoms with Crippen molar-refractivity contribution in [2.75, 3.05) is 0 Å². The molecule has 88 valence electrons. The molecule has 0 spiro atoms. The molecule has 0 saturated heterocycles. The standard InChI is InChI=1S/C14H14BrNO/c1-9-7-12(8-10(2)14(9)15)17-13-6-4-5-11(3)16-13/h4-8H,1-3H3. The second-order valence-corrected chi connectivity index (χ2v) is 4.88. The molecule has 1 aromatic carbocycles. The van der Waals surface area contributed by atoms with Gasteiger partial charge in [0, 0.05) is 16.2 Å². The molecule has 0 amide bonds. The van der Waals surface area contributed by atoms with Gasteiger partial charge in [-0.15, -0.1) is 0 Å². The van der Waals surface area contributed by atoms with Gasteiger partial charge in [-0.3, -0.25) is 0 Å². The van der Waals surface area contributed by atoms with Gasteiger partial charge in [-0.05, 0) is 50.1 Å². The predicted molar refractivity (Wildman–Crippen MR) is 72.7 cm³/mol. The maximum atomic E-state index is 5.74. The zero-order valence-electron chi connectivity index (χ0n) is 10.1. The molecular weight excluding hydrogens is 278 g/mol. The fourth-order valence-corrected chi connectivity index (χ4v) is 1.89. The van der Waals surface area contributed by atoms with Gasteiger partial charge in [-0.1, -0.05) is 22.0 Å². The van der Waals surface area contributed by atoms with Crippen molar-refractivity contribution in [3.05, 3.63) is 51.6 Å². The number of rotatable bonds is 2. The van der Waals surface area contributed by atoms with Gasteiger partial charge >= 0.3 is 0 Å². The van der Waals surface area contributed by atoms with E-state index in [2.05, 4.69) is 20.9 Å². The van der Waals surface area contributed by atoms with E-state index in [-0.39, 0.29) is 0 Å². The van der Waals surface area contributed by atoms with Crippen LogP contribution in [-0.2, 0) is 0 Å². The van der Waals surface area contributed by atoms with E-state index in [1.54, 1.807) is 0 Å². The van der Waals surface area contributed by atoms with Crippen molar-refractivity contribution in [2.45, 2.75) is 20.8 Å². The number of benzene rings is 1. The van der Waals surface area contributed by atoms with Crippen LogP contribution in [0.25, 0.3) is 0 Å². The molecule has 2 aromatic rings. The normalized spacial score (nSPS) is 10.4. The summed E-state index contributed by atoms with van der Waals surface area (Å²) in [5.41, 5.74) is 3.27. The minimum atomic E-state index is 0.631. The summed E-state index contributed by atoms with van der Waals surface area (Å²) in [6.07, 6.45) is 0. The Kier molecular flexibility index (Phi) is 3.48. The Labute approximate surface area is 110 Å². The molecule has 0 aliphatic heterocycles. The van der Waals surface area contributed by atoms with Gasteiger partial charge < -0.3 is 4.74 Å². The summed E-state index contributed by atoms with van der Waals surface area (Å²) < 4.78 is 6.87. The summed E-state index contributed by atoms with van der Waals surface area (Å²) in [5.74, 6) is 1.45. The van der Waals surface area contributed by atoms with Crippen molar-refractivity contribution < 1.29 is 4.74 Å². The maximum Gasteiger partial charge on any atom is 0.219 e. The zero-order chi connectivity index (χ0) is 12.4. The topological polar surface area (TPSA) is 22.1 Å². The van der Waals surface area contributed by atoms with Crippen LogP contribution in [0.1, 0.15) is 16.8 Å². The van der Waals surface area contributed by atoms with Crippen LogP contribution in [0.2, 0.25) is 0 Å². The number of aryl methyl sites for hydroxylation is 3. The van der Waals surface area contributed by atoms with E-state index in [0.29, 0.717) is 5.88 Å². The first kappa shape index (κ1) is 12.1. The third kappa shape index (κ3) is 2.86. The molecule has 17 heavy (non-hydrogen) atoms. The second-order valence-electron chi connectivity index (χ2n) is 4.09. The first-order valence-electron chi connectivity index (χ1n) is 5.44. The van der Waals surface area contributed by atoms with E-state index in [9.17, 15) is 0 Å². The second kappa shape index (κ2) is 4.88. The number of pyridine rings is 1. The first-order chi connectivity index (χ1) is 8.06. The van der Waals surface area contributed by atoms with Crippen LogP contribution in [0.4, 0.5) is 0 Å².